The summed E-state index contributed by atoms with van der Waals surface area (Å²) < 4.78 is 18.3. The summed E-state index contributed by atoms with van der Waals surface area (Å²) in [4.78, 5) is 6.22. The lowest BCUT2D eigenvalue weighted by atomic mass is 10.1. The lowest BCUT2D eigenvalue weighted by Gasteiger charge is -2.18. The van der Waals surface area contributed by atoms with Crippen LogP contribution in [0.4, 0.5) is 10.1 Å². The Morgan fingerprint density at radius 2 is 1.85 bits per heavy atom. The van der Waals surface area contributed by atoms with Crippen molar-refractivity contribution in [2.75, 3.05) is 18.6 Å². The Hall–Kier alpha value is -3.19. The molecule has 0 spiro atoms. The van der Waals surface area contributed by atoms with Gasteiger partial charge in [-0.15, -0.1) is 11.3 Å². The van der Waals surface area contributed by atoms with Gasteiger partial charge in [-0.25, -0.2) is 9.37 Å². The van der Waals surface area contributed by atoms with Crippen LogP contribution in [0, 0.1) is 11.2 Å². The summed E-state index contributed by atoms with van der Waals surface area (Å²) in [6.07, 6.45) is 0. The molecule has 27 heavy (non-hydrogen) atoms. The minimum Gasteiger partial charge on any atom is -0.510 e. The third kappa shape index (κ3) is 3.17. The molecular formula is C20H16FN3O2S. The zero-order valence-corrected chi connectivity index (χ0v) is 15.3. The highest BCUT2D eigenvalue weighted by Crippen LogP contribution is 2.34. The molecule has 0 saturated carbocycles. The summed E-state index contributed by atoms with van der Waals surface area (Å²) in [5, 5.41) is 21.3. The number of amidine groups is 1. The molecule has 4 rings (SSSR count). The molecule has 136 valence electrons. The molecular weight excluding hydrogens is 365 g/mol. The van der Waals surface area contributed by atoms with Crippen molar-refractivity contribution >= 4 is 28.4 Å². The van der Waals surface area contributed by atoms with Gasteiger partial charge in [-0.05, 0) is 48.5 Å². The summed E-state index contributed by atoms with van der Waals surface area (Å²) >= 11 is 1.37. The topological polar surface area (TPSA) is 69.4 Å². The highest BCUT2D eigenvalue weighted by Gasteiger charge is 2.31. The predicted octanol–water partition coefficient (Wildman–Crippen LogP) is 4.72. The van der Waals surface area contributed by atoms with Gasteiger partial charge in [0.2, 0.25) is 0 Å². The van der Waals surface area contributed by atoms with E-state index in [0.717, 1.165) is 17.0 Å². The first kappa shape index (κ1) is 17.2. The number of hydrogen-bond acceptors (Lipinski definition) is 5. The van der Waals surface area contributed by atoms with Crippen LogP contribution in [0.15, 0.2) is 59.7 Å². The van der Waals surface area contributed by atoms with Crippen molar-refractivity contribution < 1.29 is 14.2 Å². The molecule has 0 radical (unpaired) electrons. The van der Waals surface area contributed by atoms with Crippen LogP contribution < -0.4 is 9.64 Å². The molecule has 0 saturated heterocycles. The van der Waals surface area contributed by atoms with E-state index in [1.54, 1.807) is 24.1 Å². The molecule has 0 atom stereocenters. The summed E-state index contributed by atoms with van der Waals surface area (Å²) in [5.74, 6) is 0.655. The molecule has 0 unspecified atom stereocenters. The minimum atomic E-state index is -0.342. The molecule has 1 aliphatic rings. The van der Waals surface area contributed by atoms with Crippen LogP contribution in [0.5, 0.6) is 5.75 Å². The van der Waals surface area contributed by atoms with E-state index in [1.807, 2.05) is 29.6 Å². The first-order chi connectivity index (χ1) is 13.1. The minimum absolute atomic E-state index is 0.0833. The number of nitrogens with one attached hydrogen (secondary N) is 1. The quantitative estimate of drug-likeness (QED) is 0.686. The van der Waals surface area contributed by atoms with Gasteiger partial charge in [0.25, 0.3) is 0 Å². The summed E-state index contributed by atoms with van der Waals surface area (Å²) in [7, 11) is 1.61. The first-order valence-corrected chi connectivity index (χ1v) is 9.09. The molecule has 2 heterocycles. The number of halogens is 1. The van der Waals surface area contributed by atoms with Crippen molar-refractivity contribution in [3.05, 3.63) is 70.5 Å². The second-order valence-electron chi connectivity index (χ2n) is 6.00. The fourth-order valence-electron chi connectivity index (χ4n) is 2.93. The molecule has 1 aliphatic heterocycles. The van der Waals surface area contributed by atoms with Crippen molar-refractivity contribution in [3.8, 4) is 17.0 Å². The highest BCUT2D eigenvalue weighted by molar-refractivity contribution is 7.11. The van der Waals surface area contributed by atoms with E-state index in [4.69, 9.17) is 10.1 Å². The molecule has 0 bridgehead atoms. The zero-order valence-electron chi connectivity index (χ0n) is 14.4. The molecule has 3 aromatic rings. The molecule has 7 heteroatoms. The van der Waals surface area contributed by atoms with Gasteiger partial charge in [0.1, 0.15) is 28.2 Å². The number of nitrogens with zero attached hydrogens (tertiary/aromatic N) is 2. The monoisotopic (exact) mass is 381 g/mol. The maximum Gasteiger partial charge on any atom is 0.139 e. The van der Waals surface area contributed by atoms with E-state index in [0.29, 0.717) is 16.3 Å². The van der Waals surface area contributed by atoms with Crippen molar-refractivity contribution in [2.24, 2.45) is 0 Å². The molecule has 2 aromatic carbocycles. The number of anilines is 1. The van der Waals surface area contributed by atoms with Gasteiger partial charge in [-0.2, -0.15) is 0 Å². The van der Waals surface area contributed by atoms with Gasteiger partial charge in [0.15, 0.2) is 0 Å². The van der Waals surface area contributed by atoms with Gasteiger partial charge in [0.05, 0.1) is 24.9 Å². The van der Waals surface area contributed by atoms with E-state index in [9.17, 15) is 9.50 Å². The van der Waals surface area contributed by atoms with Crippen LogP contribution in [0.2, 0.25) is 0 Å². The fraction of sp³-hybridized carbons (Fsp3) is 0.100. The van der Waals surface area contributed by atoms with Crippen LogP contribution in [0.1, 0.15) is 5.01 Å². The largest absolute Gasteiger partial charge is 0.510 e. The lowest BCUT2D eigenvalue weighted by Crippen LogP contribution is -2.25. The first-order valence-electron chi connectivity index (χ1n) is 8.21. The van der Waals surface area contributed by atoms with E-state index in [2.05, 4.69) is 4.98 Å². The summed E-state index contributed by atoms with van der Waals surface area (Å²) in [6.45, 7) is 0.164. The fourth-order valence-corrected chi connectivity index (χ4v) is 3.82. The normalized spacial score (nSPS) is 14.1. The summed E-state index contributed by atoms with van der Waals surface area (Å²) in [5.41, 5.74) is 2.75. The second kappa shape index (κ2) is 6.85. The van der Waals surface area contributed by atoms with Crippen molar-refractivity contribution in [1.82, 2.24) is 4.98 Å². The Balaban J connectivity index is 1.61. The number of thiazole rings is 1. The number of rotatable bonds is 4. The van der Waals surface area contributed by atoms with Gasteiger partial charge < -0.3 is 14.7 Å². The third-order valence-electron chi connectivity index (χ3n) is 4.35. The van der Waals surface area contributed by atoms with Crippen LogP contribution in [-0.4, -0.2) is 29.6 Å². The van der Waals surface area contributed by atoms with Gasteiger partial charge in [-0.1, -0.05) is 0 Å². The Morgan fingerprint density at radius 1 is 1.15 bits per heavy atom. The average Bonchev–Trinajstić information content (AvgIpc) is 3.27. The average molecular weight is 381 g/mol. The zero-order chi connectivity index (χ0) is 19.0. The third-order valence-corrected chi connectivity index (χ3v) is 5.21. The Morgan fingerprint density at radius 3 is 2.52 bits per heavy atom. The maximum atomic E-state index is 13.2. The number of aliphatic hydroxyl groups excluding tert-OH is 1. The smallest absolute Gasteiger partial charge is 0.139 e. The van der Waals surface area contributed by atoms with Crippen LogP contribution in [0.25, 0.3) is 16.8 Å². The van der Waals surface area contributed by atoms with Crippen molar-refractivity contribution in [3.63, 3.8) is 0 Å². The van der Waals surface area contributed by atoms with Crippen molar-refractivity contribution in [1.29, 1.82) is 5.41 Å². The van der Waals surface area contributed by atoms with Crippen LogP contribution >= 0.6 is 11.3 Å². The van der Waals surface area contributed by atoms with Crippen LogP contribution in [0.3, 0.4) is 0 Å². The molecule has 2 N–H and O–H groups in total. The van der Waals surface area contributed by atoms with E-state index in [1.165, 1.54) is 23.5 Å². The number of methoxy groups -OCH3 is 1. The van der Waals surface area contributed by atoms with Gasteiger partial charge in [0, 0.05) is 16.6 Å². The standard InChI is InChI=1S/C20H16FN3O2S/c1-26-15-8-2-12(3-9-15)16-11-27-20(23-16)18-17(25)10-24(19(18)22)14-6-4-13(21)5-7-14/h2-9,11,22,25H,10H2,1H3. The van der Waals surface area contributed by atoms with E-state index < -0.39 is 0 Å². The molecule has 0 amide bonds. The number of hydrogen-bond donors (Lipinski definition) is 2. The maximum absolute atomic E-state index is 13.2. The summed E-state index contributed by atoms with van der Waals surface area (Å²) in [6, 6.07) is 13.4. The molecule has 0 aliphatic carbocycles. The lowest BCUT2D eigenvalue weighted by molar-refractivity contribution is 0.411. The second-order valence-corrected chi connectivity index (χ2v) is 6.86. The molecule has 5 nitrogen and oxygen atoms in total. The van der Waals surface area contributed by atoms with E-state index in [-0.39, 0.29) is 24.0 Å². The van der Waals surface area contributed by atoms with Crippen molar-refractivity contribution in [2.45, 2.75) is 0 Å². The number of benzene rings is 2. The molecule has 0 fully saturated rings. The number of ether oxygens (including phenoxy) is 1. The van der Waals surface area contributed by atoms with Gasteiger partial charge >= 0.3 is 0 Å². The SMILES string of the molecule is COc1ccc(-c2csc(C3=C(O)CN(c4ccc(F)cc4)C3=N)n2)cc1. The Kier molecular flexibility index (Phi) is 4.37. The molecule has 1 aromatic heterocycles. The number of aromatic nitrogens is 1. The number of aliphatic hydroxyl groups is 1. The highest BCUT2D eigenvalue weighted by atomic mass is 32.1. The Bertz CT molecular complexity index is 1030. The van der Waals surface area contributed by atoms with E-state index >= 15 is 0 Å². The van der Waals surface area contributed by atoms with Crippen LogP contribution in [-0.2, 0) is 0 Å². The predicted molar refractivity (Wildman–Crippen MR) is 105 cm³/mol. The van der Waals surface area contributed by atoms with Gasteiger partial charge in [-0.3, -0.25) is 5.41 Å². The Labute approximate surface area is 159 Å².